The van der Waals surface area contributed by atoms with Crippen LogP contribution in [0, 0.1) is 5.92 Å². The SMILES string of the molecule is CNC(=O)[C@H]1CCN(c2cc(-c3ccc(NCCOC)cc3)nc3cc(OC)ccc23)C1. The lowest BCUT2D eigenvalue weighted by Crippen LogP contribution is -2.30. The van der Waals surface area contributed by atoms with Crippen LogP contribution in [0.3, 0.4) is 0 Å². The molecule has 3 aromatic rings. The van der Waals surface area contributed by atoms with Gasteiger partial charge in [0.2, 0.25) is 5.91 Å². The fraction of sp³-hybridized carbons (Fsp3) is 0.360. The van der Waals surface area contributed by atoms with Crippen molar-refractivity contribution in [3.8, 4) is 17.0 Å². The molecular weight excluding hydrogens is 404 g/mol. The average molecular weight is 435 g/mol. The van der Waals surface area contributed by atoms with Gasteiger partial charge in [-0.1, -0.05) is 12.1 Å². The molecule has 2 aromatic carbocycles. The van der Waals surface area contributed by atoms with Gasteiger partial charge in [0.1, 0.15) is 5.75 Å². The molecule has 1 aliphatic rings. The van der Waals surface area contributed by atoms with E-state index in [1.54, 1.807) is 21.3 Å². The van der Waals surface area contributed by atoms with Crippen LogP contribution in [0.25, 0.3) is 22.2 Å². The van der Waals surface area contributed by atoms with Gasteiger partial charge in [0.15, 0.2) is 0 Å². The molecule has 7 heteroatoms. The molecule has 1 atom stereocenters. The molecule has 1 aliphatic heterocycles. The van der Waals surface area contributed by atoms with Gasteiger partial charge in [-0.15, -0.1) is 0 Å². The Labute approximate surface area is 188 Å². The molecular formula is C25H30N4O3. The number of hydrogen-bond acceptors (Lipinski definition) is 6. The van der Waals surface area contributed by atoms with Gasteiger partial charge in [0, 0.05) is 62.2 Å². The third-order valence-electron chi connectivity index (χ3n) is 5.96. The van der Waals surface area contributed by atoms with Gasteiger partial charge in [0.05, 0.1) is 30.8 Å². The first-order valence-corrected chi connectivity index (χ1v) is 10.9. The second-order valence-corrected chi connectivity index (χ2v) is 7.95. The summed E-state index contributed by atoms with van der Waals surface area (Å²) in [7, 11) is 5.06. The van der Waals surface area contributed by atoms with Crippen LogP contribution in [0.15, 0.2) is 48.5 Å². The summed E-state index contributed by atoms with van der Waals surface area (Å²) in [6, 6.07) is 16.4. The van der Waals surface area contributed by atoms with E-state index in [2.05, 4.69) is 51.9 Å². The Morgan fingerprint density at radius 2 is 1.97 bits per heavy atom. The Kier molecular flexibility index (Phi) is 6.75. The number of methoxy groups -OCH3 is 2. The van der Waals surface area contributed by atoms with Crippen LogP contribution in [0.2, 0.25) is 0 Å². The van der Waals surface area contributed by atoms with E-state index in [1.165, 1.54) is 0 Å². The van der Waals surface area contributed by atoms with Gasteiger partial charge < -0.3 is 25.0 Å². The van der Waals surface area contributed by atoms with Crippen LogP contribution in [0.1, 0.15) is 6.42 Å². The number of fused-ring (bicyclic) bond motifs is 1. The number of amides is 1. The zero-order valence-corrected chi connectivity index (χ0v) is 18.9. The maximum atomic E-state index is 12.2. The molecule has 0 spiro atoms. The molecule has 0 aliphatic carbocycles. The van der Waals surface area contributed by atoms with Gasteiger partial charge in [-0.2, -0.15) is 0 Å². The van der Waals surface area contributed by atoms with Crippen LogP contribution >= 0.6 is 0 Å². The van der Waals surface area contributed by atoms with Gasteiger partial charge in [-0.3, -0.25) is 4.79 Å². The number of carbonyl (C=O) groups excluding carboxylic acids is 1. The standard InChI is InChI=1S/C25H30N4O3/c1-26-25(30)18-10-12-29(16-18)24-15-22(28-23-14-20(32-3)8-9-21(23)24)17-4-6-19(7-5-17)27-11-13-31-2/h4-9,14-15,18,27H,10-13,16H2,1-3H3,(H,26,30)/t18-/m0/s1. The second kappa shape index (κ2) is 9.87. The number of carbonyl (C=O) groups is 1. The summed E-state index contributed by atoms with van der Waals surface area (Å²) in [6.07, 6.45) is 0.844. The molecule has 1 saturated heterocycles. The molecule has 1 aromatic heterocycles. The zero-order valence-electron chi connectivity index (χ0n) is 18.9. The molecule has 1 fully saturated rings. The van der Waals surface area contributed by atoms with E-state index < -0.39 is 0 Å². The van der Waals surface area contributed by atoms with Crippen molar-refractivity contribution in [1.29, 1.82) is 0 Å². The van der Waals surface area contributed by atoms with Crippen molar-refractivity contribution < 1.29 is 14.3 Å². The molecule has 168 valence electrons. The summed E-state index contributed by atoms with van der Waals surface area (Å²) in [5, 5.41) is 7.18. The molecule has 0 saturated carbocycles. The Balaban J connectivity index is 1.69. The number of ether oxygens (including phenoxy) is 2. The second-order valence-electron chi connectivity index (χ2n) is 7.95. The summed E-state index contributed by atoms with van der Waals surface area (Å²) < 4.78 is 10.5. The highest BCUT2D eigenvalue weighted by Crippen LogP contribution is 2.35. The van der Waals surface area contributed by atoms with Crippen molar-refractivity contribution >= 4 is 28.2 Å². The predicted octanol–water partition coefficient (Wildman–Crippen LogP) is 3.54. The van der Waals surface area contributed by atoms with Crippen LogP contribution in [-0.4, -0.2) is 58.4 Å². The summed E-state index contributed by atoms with van der Waals surface area (Å²) in [6.45, 7) is 2.96. The first-order valence-electron chi connectivity index (χ1n) is 10.9. The van der Waals surface area contributed by atoms with Gasteiger partial charge in [-0.25, -0.2) is 4.98 Å². The minimum absolute atomic E-state index is 0.00220. The molecule has 2 heterocycles. The molecule has 2 N–H and O–H groups in total. The van der Waals surface area contributed by atoms with E-state index >= 15 is 0 Å². The topological polar surface area (TPSA) is 75.7 Å². The quantitative estimate of drug-likeness (QED) is 0.528. The zero-order chi connectivity index (χ0) is 22.5. The Morgan fingerprint density at radius 3 is 2.69 bits per heavy atom. The highest BCUT2D eigenvalue weighted by atomic mass is 16.5. The van der Waals surface area contributed by atoms with E-state index in [-0.39, 0.29) is 11.8 Å². The summed E-state index contributed by atoms with van der Waals surface area (Å²) in [5.74, 6) is 0.877. The van der Waals surface area contributed by atoms with E-state index in [0.29, 0.717) is 13.2 Å². The first-order chi connectivity index (χ1) is 15.6. The third kappa shape index (κ3) is 4.62. The lowest BCUT2D eigenvalue weighted by atomic mass is 10.1. The van der Waals surface area contributed by atoms with Crippen LogP contribution in [-0.2, 0) is 9.53 Å². The van der Waals surface area contributed by atoms with Crippen molar-refractivity contribution in [2.45, 2.75) is 6.42 Å². The van der Waals surface area contributed by atoms with Crippen molar-refractivity contribution in [3.63, 3.8) is 0 Å². The fourth-order valence-corrected chi connectivity index (χ4v) is 4.18. The predicted molar refractivity (Wildman–Crippen MR) is 128 cm³/mol. The average Bonchev–Trinajstić information content (AvgIpc) is 3.33. The molecule has 1 amide bonds. The van der Waals surface area contributed by atoms with Crippen LogP contribution < -0.4 is 20.3 Å². The van der Waals surface area contributed by atoms with E-state index in [1.807, 2.05) is 12.1 Å². The van der Waals surface area contributed by atoms with E-state index in [4.69, 9.17) is 14.5 Å². The summed E-state index contributed by atoms with van der Waals surface area (Å²) in [4.78, 5) is 19.4. The normalized spacial score (nSPS) is 15.7. The Bertz CT molecular complexity index is 1080. The van der Waals surface area contributed by atoms with Gasteiger partial charge >= 0.3 is 0 Å². The summed E-state index contributed by atoms with van der Waals surface area (Å²) >= 11 is 0. The molecule has 32 heavy (non-hydrogen) atoms. The van der Waals surface area contributed by atoms with E-state index in [9.17, 15) is 4.79 Å². The van der Waals surface area contributed by atoms with Crippen molar-refractivity contribution in [1.82, 2.24) is 10.3 Å². The number of pyridine rings is 1. The molecule has 0 unspecified atom stereocenters. The van der Waals surface area contributed by atoms with Crippen LogP contribution in [0.5, 0.6) is 5.75 Å². The van der Waals surface area contributed by atoms with Crippen LogP contribution in [0.4, 0.5) is 11.4 Å². The van der Waals surface area contributed by atoms with Crippen molar-refractivity contribution in [2.75, 3.05) is 57.7 Å². The minimum atomic E-state index is 0.00220. The van der Waals surface area contributed by atoms with Crippen molar-refractivity contribution in [3.05, 3.63) is 48.5 Å². The highest BCUT2D eigenvalue weighted by molar-refractivity contribution is 5.95. The van der Waals surface area contributed by atoms with Gasteiger partial charge in [0.25, 0.3) is 0 Å². The monoisotopic (exact) mass is 434 g/mol. The number of hydrogen-bond donors (Lipinski definition) is 2. The number of anilines is 2. The Hall–Kier alpha value is -3.32. The number of aromatic nitrogens is 1. The van der Waals surface area contributed by atoms with Crippen molar-refractivity contribution in [2.24, 2.45) is 5.92 Å². The molecule has 0 bridgehead atoms. The highest BCUT2D eigenvalue weighted by Gasteiger charge is 2.29. The maximum Gasteiger partial charge on any atom is 0.224 e. The smallest absolute Gasteiger partial charge is 0.224 e. The molecule has 0 radical (unpaired) electrons. The molecule has 7 nitrogen and oxygen atoms in total. The number of benzene rings is 2. The minimum Gasteiger partial charge on any atom is -0.497 e. The first kappa shape index (κ1) is 21.9. The lowest BCUT2D eigenvalue weighted by Gasteiger charge is -2.22. The Morgan fingerprint density at radius 1 is 1.16 bits per heavy atom. The van der Waals surface area contributed by atoms with Gasteiger partial charge in [-0.05, 0) is 36.8 Å². The number of rotatable bonds is 8. The summed E-state index contributed by atoms with van der Waals surface area (Å²) in [5.41, 5.74) is 4.95. The fourth-order valence-electron chi connectivity index (χ4n) is 4.18. The number of nitrogens with zero attached hydrogens (tertiary/aromatic N) is 2. The number of nitrogens with one attached hydrogen (secondary N) is 2. The lowest BCUT2D eigenvalue weighted by molar-refractivity contribution is -0.123. The maximum absolute atomic E-state index is 12.2. The molecule has 4 rings (SSSR count). The third-order valence-corrected chi connectivity index (χ3v) is 5.96. The largest absolute Gasteiger partial charge is 0.497 e. The van der Waals surface area contributed by atoms with E-state index in [0.717, 1.165) is 58.8 Å².